The first-order valence-corrected chi connectivity index (χ1v) is 11.9. The molecule has 0 bridgehead atoms. The van der Waals surface area contributed by atoms with Gasteiger partial charge in [0.25, 0.3) is 5.91 Å². The minimum absolute atomic E-state index is 0.0395. The lowest BCUT2D eigenvalue weighted by Crippen LogP contribution is -2.48. The van der Waals surface area contributed by atoms with Crippen LogP contribution < -0.4 is 14.5 Å². The summed E-state index contributed by atoms with van der Waals surface area (Å²) in [6.45, 7) is 3.06. The van der Waals surface area contributed by atoms with Gasteiger partial charge in [0.1, 0.15) is 11.5 Å². The number of ether oxygens (including phenoxy) is 1. The van der Waals surface area contributed by atoms with Crippen LogP contribution in [-0.4, -0.2) is 55.8 Å². The minimum atomic E-state index is -0.114. The van der Waals surface area contributed by atoms with Crippen molar-refractivity contribution in [2.45, 2.75) is 11.4 Å². The molecule has 3 heterocycles. The summed E-state index contributed by atoms with van der Waals surface area (Å²) >= 11 is 1.55. The maximum Gasteiger partial charge on any atom is 0.289 e. The summed E-state index contributed by atoms with van der Waals surface area (Å²) in [6, 6.07) is 19.3. The predicted octanol–water partition coefficient (Wildman–Crippen LogP) is 3.89. The lowest BCUT2D eigenvalue weighted by molar-refractivity contribution is -0.116. The summed E-state index contributed by atoms with van der Waals surface area (Å²) in [4.78, 5) is 32.4. The van der Waals surface area contributed by atoms with E-state index in [0.29, 0.717) is 36.9 Å². The highest BCUT2D eigenvalue weighted by atomic mass is 32.2. The molecule has 33 heavy (non-hydrogen) atoms. The van der Waals surface area contributed by atoms with E-state index in [-0.39, 0.29) is 11.8 Å². The number of amides is 2. The fraction of sp³-hybridized carbons (Fsp3) is 0.280. The van der Waals surface area contributed by atoms with Gasteiger partial charge in [-0.15, -0.1) is 11.8 Å². The van der Waals surface area contributed by atoms with Crippen LogP contribution >= 0.6 is 11.8 Å². The molecule has 8 heteroatoms. The molecule has 2 amide bonds. The van der Waals surface area contributed by atoms with Gasteiger partial charge in [-0.1, -0.05) is 12.1 Å². The van der Waals surface area contributed by atoms with E-state index in [1.165, 1.54) is 0 Å². The predicted molar refractivity (Wildman–Crippen MR) is 128 cm³/mol. The molecule has 2 aromatic carbocycles. The van der Waals surface area contributed by atoms with Crippen molar-refractivity contribution in [3.8, 4) is 5.75 Å². The SMILES string of the molecule is COc1ccc(N2CCN(C(=O)c3ccc(CN4C(=O)CSc5ccccc54)o3)CC2)cc1. The van der Waals surface area contributed by atoms with Crippen LogP contribution in [0.4, 0.5) is 11.4 Å². The average molecular weight is 464 g/mol. The highest BCUT2D eigenvalue weighted by Crippen LogP contribution is 2.36. The second-order valence-electron chi connectivity index (χ2n) is 7.98. The van der Waals surface area contributed by atoms with Crippen LogP contribution in [0.3, 0.4) is 0 Å². The van der Waals surface area contributed by atoms with Gasteiger partial charge >= 0.3 is 0 Å². The van der Waals surface area contributed by atoms with Gasteiger partial charge in [0, 0.05) is 36.8 Å². The monoisotopic (exact) mass is 463 g/mol. The number of rotatable bonds is 5. The smallest absolute Gasteiger partial charge is 0.289 e. The van der Waals surface area contributed by atoms with Crippen molar-refractivity contribution in [2.75, 3.05) is 48.8 Å². The third kappa shape index (κ3) is 4.43. The summed E-state index contributed by atoms with van der Waals surface area (Å²) in [5, 5.41) is 0. The summed E-state index contributed by atoms with van der Waals surface area (Å²) in [5.41, 5.74) is 2.01. The van der Waals surface area contributed by atoms with Crippen LogP contribution in [0.2, 0.25) is 0 Å². The van der Waals surface area contributed by atoms with Crippen molar-refractivity contribution < 1.29 is 18.7 Å². The number of furan rings is 1. The molecule has 0 aliphatic carbocycles. The molecular formula is C25H25N3O4S. The first-order valence-electron chi connectivity index (χ1n) is 10.9. The fourth-order valence-corrected chi connectivity index (χ4v) is 5.11. The third-order valence-electron chi connectivity index (χ3n) is 6.00. The first kappa shape index (κ1) is 21.5. The number of hydrogen-bond acceptors (Lipinski definition) is 6. The van der Waals surface area contributed by atoms with Gasteiger partial charge in [-0.3, -0.25) is 9.59 Å². The molecule has 1 saturated heterocycles. The van der Waals surface area contributed by atoms with Gasteiger partial charge in [0.05, 0.1) is 25.1 Å². The van der Waals surface area contributed by atoms with Gasteiger partial charge < -0.3 is 23.9 Å². The van der Waals surface area contributed by atoms with Crippen molar-refractivity contribution in [1.82, 2.24) is 4.90 Å². The molecule has 1 aromatic heterocycles. The maximum absolute atomic E-state index is 13.0. The Kier molecular flexibility index (Phi) is 6.00. The summed E-state index contributed by atoms with van der Waals surface area (Å²) in [5.74, 6) is 2.08. The van der Waals surface area contributed by atoms with Crippen molar-refractivity contribution >= 4 is 35.0 Å². The Bertz CT molecular complexity index is 1150. The Hall–Kier alpha value is -3.39. The lowest BCUT2D eigenvalue weighted by Gasteiger charge is -2.35. The second kappa shape index (κ2) is 9.23. The van der Waals surface area contributed by atoms with E-state index < -0.39 is 0 Å². The molecule has 0 saturated carbocycles. The van der Waals surface area contributed by atoms with Crippen LogP contribution in [-0.2, 0) is 11.3 Å². The number of carbonyl (C=O) groups is 2. The molecule has 0 N–H and O–H groups in total. The Morgan fingerprint density at radius 1 is 1.00 bits per heavy atom. The molecule has 0 spiro atoms. The molecule has 2 aliphatic rings. The fourth-order valence-electron chi connectivity index (χ4n) is 4.18. The van der Waals surface area contributed by atoms with Crippen LogP contribution in [0.15, 0.2) is 70.0 Å². The molecule has 170 valence electrons. The largest absolute Gasteiger partial charge is 0.497 e. The number of hydrogen-bond donors (Lipinski definition) is 0. The quantitative estimate of drug-likeness (QED) is 0.572. The summed E-state index contributed by atoms with van der Waals surface area (Å²) in [6.07, 6.45) is 0. The number of anilines is 2. The van der Waals surface area contributed by atoms with Gasteiger partial charge in [0.15, 0.2) is 5.76 Å². The Labute approximate surface area is 196 Å². The number of thioether (sulfide) groups is 1. The zero-order valence-corrected chi connectivity index (χ0v) is 19.2. The van der Waals surface area contributed by atoms with Crippen molar-refractivity contribution in [3.05, 3.63) is 72.2 Å². The van der Waals surface area contributed by atoms with Crippen molar-refractivity contribution in [1.29, 1.82) is 0 Å². The topological polar surface area (TPSA) is 66.2 Å². The minimum Gasteiger partial charge on any atom is -0.497 e. The van der Waals surface area contributed by atoms with E-state index in [9.17, 15) is 9.59 Å². The van der Waals surface area contributed by atoms with E-state index in [0.717, 1.165) is 35.1 Å². The first-order chi connectivity index (χ1) is 16.1. The van der Waals surface area contributed by atoms with Gasteiger partial charge in [-0.05, 0) is 48.5 Å². The molecule has 7 nitrogen and oxygen atoms in total. The number of fused-ring (bicyclic) bond motifs is 1. The number of carbonyl (C=O) groups excluding carboxylic acids is 2. The van der Waals surface area contributed by atoms with Crippen molar-refractivity contribution in [2.24, 2.45) is 0 Å². The molecule has 0 radical (unpaired) electrons. The van der Waals surface area contributed by atoms with Crippen LogP contribution in [0.5, 0.6) is 5.75 Å². The second-order valence-corrected chi connectivity index (χ2v) is 9.00. The molecule has 2 aliphatic heterocycles. The molecule has 5 rings (SSSR count). The van der Waals surface area contributed by atoms with Crippen molar-refractivity contribution in [3.63, 3.8) is 0 Å². The van der Waals surface area contributed by atoms with E-state index in [4.69, 9.17) is 9.15 Å². The number of para-hydroxylation sites is 1. The number of methoxy groups -OCH3 is 1. The van der Waals surface area contributed by atoms with Gasteiger partial charge in [-0.2, -0.15) is 0 Å². The third-order valence-corrected chi connectivity index (χ3v) is 7.05. The van der Waals surface area contributed by atoms with E-state index >= 15 is 0 Å². The zero-order chi connectivity index (χ0) is 22.8. The van der Waals surface area contributed by atoms with E-state index in [2.05, 4.69) is 4.90 Å². The highest BCUT2D eigenvalue weighted by molar-refractivity contribution is 8.00. The number of nitrogens with zero attached hydrogens (tertiary/aromatic N) is 3. The van der Waals surface area contributed by atoms with E-state index in [1.54, 1.807) is 35.9 Å². The standard InChI is InChI=1S/C25H25N3O4S/c1-31-19-8-6-18(7-9-19)26-12-14-27(15-13-26)25(30)22-11-10-20(32-22)16-28-21-4-2-3-5-23(21)33-17-24(28)29/h2-11H,12-17H2,1H3. The van der Waals surface area contributed by atoms with E-state index in [1.807, 2.05) is 53.4 Å². The number of piperazine rings is 1. The molecule has 0 unspecified atom stereocenters. The lowest BCUT2D eigenvalue weighted by atomic mass is 10.2. The summed E-state index contributed by atoms with van der Waals surface area (Å²) < 4.78 is 11.1. The van der Waals surface area contributed by atoms with Crippen LogP contribution in [0.1, 0.15) is 16.3 Å². The number of benzene rings is 2. The zero-order valence-electron chi connectivity index (χ0n) is 18.4. The summed E-state index contributed by atoms with van der Waals surface area (Å²) in [7, 11) is 1.65. The Balaban J connectivity index is 1.22. The highest BCUT2D eigenvalue weighted by Gasteiger charge is 2.27. The molecule has 1 fully saturated rings. The molecule has 0 atom stereocenters. The Morgan fingerprint density at radius 2 is 1.76 bits per heavy atom. The Morgan fingerprint density at radius 3 is 2.52 bits per heavy atom. The maximum atomic E-state index is 13.0. The normalized spacial score (nSPS) is 16.0. The van der Waals surface area contributed by atoms with Crippen LogP contribution in [0, 0.1) is 0 Å². The average Bonchev–Trinajstić information content (AvgIpc) is 3.34. The van der Waals surface area contributed by atoms with Crippen LogP contribution in [0.25, 0.3) is 0 Å². The molecular weight excluding hydrogens is 438 g/mol. The van der Waals surface area contributed by atoms with Gasteiger partial charge in [0.2, 0.25) is 5.91 Å². The van der Waals surface area contributed by atoms with Gasteiger partial charge in [-0.25, -0.2) is 0 Å². The molecule has 3 aromatic rings.